The molecule has 0 radical (unpaired) electrons. The van der Waals surface area contributed by atoms with Crippen LogP contribution in [0.5, 0.6) is 5.75 Å². The van der Waals surface area contributed by atoms with Crippen LogP contribution in [0.15, 0.2) is 42.5 Å². The number of ether oxygens (including phenoxy) is 1. The molecule has 0 aliphatic carbocycles. The first-order chi connectivity index (χ1) is 12.5. The third-order valence-electron chi connectivity index (χ3n) is 3.56. The van der Waals surface area contributed by atoms with Gasteiger partial charge in [-0.1, -0.05) is 18.2 Å². The SMILES string of the molecule is COc1ccc(CCC(=O)Nc2cccc(CSCC(=O)O)c2)cc1F. The number of rotatable bonds is 9. The van der Waals surface area contributed by atoms with E-state index in [1.54, 1.807) is 18.2 Å². The van der Waals surface area contributed by atoms with Crippen molar-refractivity contribution in [3.63, 3.8) is 0 Å². The first kappa shape index (κ1) is 19.8. The Balaban J connectivity index is 1.85. The minimum atomic E-state index is -0.852. The number of carboxylic acid groups (broad SMARTS) is 1. The maximum absolute atomic E-state index is 13.7. The fourth-order valence-corrected chi connectivity index (χ4v) is 3.03. The number of aryl methyl sites for hydroxylation is 1. The Morgan fingerprint density at radius 1 is 1.19 bits per heavy atom. The molecular formula is C19H20FNO4S. The fraction of sp³-hybridized carbons (Fsp3) is 0.263. The van der Waals surface area contributed by atoms with Gasteiger partial charge < -0.3 is 15.2 Å². The number of hydrogen-bond acceptors (Lipinski definition) is 4. The second-order valence-electron chi connectivity index (χ2n) is 5.60. The number of methoxy groups -OCH3 is 1. The number of aliphatic carboxylic acids is 1. The Morgan fingerprint density at radius 2 is 2.00 bits per heavy atom. The standard InChI is InChI=1S/C19H20FNO4S/c1-25-17-7-5-13(10-16(17)20)6-8-18(22)21-15-4-2-3-14(9-15)11-26-12-19(23)24/h2-5,7,9-10H,6,8,11-12H2,1H3,(H,21,22)(H,23,24). The van der Waals surface area contributed by atoms with Gasteiger partial charge in [0.05, 0.1) is 12.9 Å². The predicted molar refractivity (Wildman–Crippen MR) is 100 cm³/mol. The average molecular weight is 377 g/mol. The summed E-state index contributed by atoms with van der Waals surface area (Å²) in [5.74, 6) is -0.699. The molecule has 2 rings (SSSR count). The summed E-state index contributed by atoms with van der Waals surface area (Å²) in [5, 5.41) is 11.5. The lowest BCUT2D eigenvalue weighted by Crippen LogP contribution is -2.12. The number of amides is 1. The molecule has 0 saturated heterocycles. The average Bonchev–Trinajstić information content (AvgIpc) is 2.60. The predicted octanol–water partition coefficient (Wildman–Crippen LogP) is 3.72. The number of benzene rings is 2. The van der Waals surface area contributed by atoms with Crippen LogP contribution in [0.25, 0.3) is 0 Å². The molecule has 138 valence electrons. The molecular weight excluding hydrogens is 357 g/mol. The van der Waals surface area contributed by atoms with E-state index in [4.69, 9.17) is 9.84 Å². The fourth-order valence-electron chi connectivity index (χ4n) is 2.34. The molecule has 1 amide bonds. The van der Waals surface area contributed by atoms with E-state index in [1.165, 1.54) is 24.9 Å². The van der Waals surface area contributed by atoms with Gasteiger partial charge in [0.2, 0.25) is 5.91 Å². The van der Waals surface area contributed by atoms with Gasteiger partial charge in [0.15, 0.2) is 11.6 Å². The lowest BCUT2D eigenvalue weighted by molar-refractivity contribution is -0.133. The Bertz CT molecular complexity index is 782. The Labute approximate surface area is 155 Å². The quantitative estimate of drug-likeness (QED) is 0.697. The molecule has 0 fully saturated rings. The van der Waals surface area contributed by atoms with Crippen molar-refractivity contribution in [2.75, 3.05) is 18.2 Å². The van der Waals surface area contributed by atoms with Gasteiger partial charge in [0.1, 0.15) is 0 Å². The molecule has 0 bridgehead atoms. The van der Waals surface area contributed by atoms with Crippen molar-refractivity contribution in [1.82, 2.24) is 0 Å². The van der Waals surface area contributed by atoms with Crippen LogP contribution in [-0.4, -0.2) is 29.8 Å². The molecule has 0 aromatic heterocycles. The van der Waals surface area contributed by atoms with E-state index >= 15 is 0 Å². The highest BCUT2D eigenvalue weighted by atomic mass is 32.2. The van der Waals surface area contributed by atoms with E-state index in [-0.39, 0.29) is 23.8 Å². The van der Waals surface area contributed by atoms with Gasteiger partial charge in [0, 0.05) is 17.9 Å². The summed E-state index contributed by atoms with van der Waals surface area (Å²) in [6.07, 6.45) is 0.644. The van der Waals surface area contributed by atoms with Crippen molar-refractivity contribution in [3.05, 3.63) is 59.4 Å². The summed E-state index contributed by atoms with van der Waals surface area (Å²) in [5.41, 5.74) is 2.31. The van der Waals surface area contributed by atoms with E-state index in [2.05, 4.69) is 5.32 Å². The van der Waals surface area contributed by atoms with Gasteiger partial charge in [-0.15, -0.1) is 11.8 Å². The number of thioether (sulfide) groups is 1. The molecule has 2 aromatic rings. The van der Waals surface area contributed by atoms with Gasteiger partial charge in [-0.05, 0) is 41.8 Å². The molecule has 0 aliphatic heterocycles. The molecule has 0 atom stereocenters. The highest BCUT2D eigenvalue weighted by Crippen LogP contribution is 2.19. The summed E-state index contributed by atoms with van der Waals surface area (Å²) in [6.45, 7) is 0. The lowest BCUT2D eigenvalue weighted by atomic mass is 10.1. The van der Waals surface area contributed by atoms with Crippen LogP contribution in [0, 0.1) is 5.82 Å². The monoisotopic (exact) mass is 377 g/mol. The van der Waals surface area contributed by atoms with Gasteiger partial charge in [0.25, 0.3) is 0 Å². The Kier molecular flexibility index (Phi) is 7.47. The lowest BCUT2D eigenvalue weighted by Gasteiger charge is -2.08. The molecule has 0 aliphatic rings. The van der Waals surface area contributed by atoms with Crippen LogP contribution >= 0.6 is 11.8 Å². The number of carbonyl (C=O) groups is 2. The van der Waals surface area contributed by atoms with Gasteiger partial charge in [-0.2, -0.15) is 0 Å². The van der Waals surface area contributed by atoms with Crippen LogP contribution in [-0.2, 0) is 21.8 Å². The second-order valence-corrected chi connectivity index (χ2v) is 6.59. The number of anilines is 1. The molecule has 7 heteroatoms. The summed E-state index contributed by atoms with van der Waals surface area (Å²) in [6, 6.07) is 11.9. The van der Waals surface area contributed by atoms with Gasteiger partial charge in [-0.25, -0.2) is 4.39 Å². The minimum absolute atomic E-state index is 0.0367. The summed E-state index contributed by atoms with van der Waals surface area (Å²) < 4.78 is 18.5. The zero-order chi connectivity index (χ0) is 18.9. The molecule has 2 aromatic carbocycles. The third kappa shape index (κ3) is 6.40. The van der Waals surface area contributed by atoms with Crippen LogP contribution in [0.1, 0.15) is 17.5 Å². The van der Waals surface area contributed by atoms with Gasteiger partial charge >= 0.3 is 5.97 Å². The first-order valence-corrected chi connectivity index (χ1v) is 9.14. The zero-order valence-corrected chi connectivity index (χ0v) is 15.1. The number of halogens is 1. The highest BCUT2D eigenvalue weighted by molar-refractivity contribution is 7.99. The van der Waals surface area contributed by atoms with Crippen molar-refractivity contribution in [1.29, 1.82) is 0 Å². The largest absolute Gasteiger partial charge is 0.494 e. The second kappa shape index (κ2) is 9.82. The molecule has 0 heterocycles. The first-order valence-electron chi connectivity index (χ1n) is 7.98. The molecule has 0 unspecified atom stereocenters. The smallest absolute Gasteiger partial charge is 0.313 e. The zero-order valence-electron chi connectivity index (χ0n) is 14.3. The molecule has 0 saturated carbocycles. The summed E-state index contributed by atoms with van der Waals surface area (Å²) >= 11 is 1.30. The van der Waals surface area contributed by atoms with Crippen molar-refractivity contribution in [2.45, 2.75) is 18.6 Å². The molecule has 0 spiro atoms. The van der Waals surface area contributed by atoms with Crippen molar-refractivity contribution >= 4 is 29.3 Å². The molecule has 26 heavy (non-hydrogen) atoms. The summed E-state index contributed by atoms with van der Waals surface area (Å²) in [4.78, 5) is 22.6. The third-order valence-corrected chi connectivity index (χ3v) is 4.55. The molecule has 5 nitrogen and oxygen atoms in total. The van der Waals surface area contributed by atoms with E-state index < -0.39 is 11.8 Å². The van der Waals surface area contributed by atoms with E-state index in [0.717, 1.165) is 11.1 Å². The van der Waals surface area contributed by atoms with E-state index in [1.807, 2.05) is 18.2 Å². The van der Waals surface area contributed by atoms with E-state index in [9.17, 15) is 14.0 Å². The maximum atomic E-state index is 13.7. The number of hydrogen-bond donors (Lipinski definition) is 2. The van der Waals surface area contributed by atoms with Crippen molar-refractivity contribution in [3.8, 4) is 5.75 Å². The number of carbonyl (C=O) groups excluding carboxylic acids is 1. The normalized spacial score (nSPS) is 10.4. The number of nitrogens with one attached hydrogen (secondary N) is 1. The number of carboxylic acids is 1. The summed E-state index contributed by atoms with van der Waals surface area (Å²) in [7, 11) is 1.40. The molecule has 2 N–H and O–H groups in total. The van der Waals surface area contributed by atoms with Crippen LogP contribution in [0.3, 0.4) is 0 Å². The Morgan fingerprint density at radius 3 is 2.69 bits per heavy atom. The maximum Gasteiger partial charge on any atom is 0.313 e. The van der Waals surface area contributed by atoms with Crippen LogP contribution in [0.4, 0.5) is 10.1 Å². The van der Waals surface area contributed by atoms with Crippen molar-refractivity contribution in [2.24, 2.45) is 0 Å². The minimum Gasteiger partial charge on any atom is -0.494 e. The van der Waals surface area contributed by atoms with Crippen LogP contribution < -0.4 is 10.1 Å². The van der Waals surface area contributed by atoms with Crippen LogP contribution in [0.2, 0.25) is 0 Å². The Hall–Kier alpha value is -2.54. The van der Waals surface area contributed by atoms with Gasteiger partial charge in [-0.3, -0.25) is 9.59 Å². The topological polar surface area (TPSA) is 75.6 Å². The highest BCUT2D eigenvalue weighted by Gasteiger charge is 2.07. The van der Waals surface area contributed by atoms with E-state index in [0.29, 0.717) is 17.9 Å². The van der Waals surface area contributed by atoms with Crippen molar-refractivity contribution < 1.29 is 23.8 Å².